The summed E-state index contributed by atoms with van der Waals surface area (Å²) in [5.41, 5.74) is -0.937. The molecule has 0 radical (unpaired) electrons. The van der Waals surface area contributed by atoms with Crippen molar-refractivity contribution in [3.05, 3.63) is 35.9 Å². The Morgan fingerprint density at radius 1 is 1.09 bits per heavy atom. The summed E-state index contributed by atoms with van der Waals surface area (Å²) in [7, 11) is -0.289. The Hall–Kier alpha value is -1.90. The van der Waals surface area contributed by atoms with Gasteiger partial charge in [0.1, 0.15) is 5.54 Å². The first-order chi connectivity index (χ1) is 15.6. The summed E-state index contributed by atoms with van der Waals surface area (Å²) in [5, 5.41) is 6.12. The summed E-state index contributed by atoms with van der Waals surface area (Å²) in [6.45, 7) is 16.7. The lowest BCUT2D eigenvalue weighted by Crippen LogP contribution is -2.62. The van der Waals surface area contributed by atoms with Crippen LogP contribution >= 0.6 is 0 Å². The number of nitrogens with one attached hydrogen (secondary N) is 2. The molecule has 2 atom stereocenters. The third kappa shape index (κ3) is 6.21. The Bertz CT molecular complexity index is 868. The molecular weight excluding hydrogens is 429 g/mol. The molecule has 2 aliphatic heterocycles. The number of amides is 2. The lowest BCUT2D eigenvalue weighted by atomic mass is 9.80. The van der Waals surface area contributed by atoms with E-state index < -0.39 is 11.1 Å². The standard InChI is InChI=1S/C26H42BN3O4/c1-19(31)28-26(22(32)29-23(2,3)4)16-21(30(18-26)17-20-12-10-9-11-13-20)14-15-27-33-24(5,6)25(7,8)34-27/h9-13,21H,14-18H2,1-8H3,(H,28,31)(H,29,32). The molecule has 2 unspecified atom stereocenters. The van der Waals surface area contributed by atoms with Gasteiger partial charge in [-0.3, -0.25) is 14.5 Å². The lowest BCUT2D eigenvalue weighted by Gasteiger charge is -2.33. The average molecular weight is 471 g/mol. The molecule has 1 aromatic carbocycles. The quantitative estimate of drug-likeness (QED) is 0.595. The van der Waals surface area contributed by atoms with Gasteiger partial charge in [0, 0.05) is 31.6 Å². The van der Waals surface area contributed by atoms with Crippen LogP contribution in [0, 0.1) is 0 Å². The summed E-state index contributed by atoms with van der Waals surface area (Å²) >= 11 is 0. The molecule has 2 N–H and O–H groups in total. The van der Waals surface area contributed by atoms with Crippen LogP contribution in [0.2, 0.25) is 6.32 Å². The van der Waals surface area contributed by atoms with Gasteiger partial charge in [-0.1, -0.05) is 30.3 Å². The van der Waals surface area contributed by atoms with Crippen LogP contribution in [-0.2, 0) is 25.4 Å². The van der Waals surface area contributed by atoms with Gasteiger partial charge in [0.2, 0.25) is 11.8 Å². The Morgan fingerprint density at radius 3 is 2.21 bits per heavy atom. The largest absolute Gasteiger partial charge is 0.457 e. The minimum Gasteiger partial charge on any atom is -0.403 e. The maximum Gasteiger partial charge on any atom is 0.457 e. The number of carbonyl (C=O) groups excluding carboxylic acids is 2. The van der Waals surface area contributed by atoms with E-state index in [1.165, 1.54) is 12.5 Å². The van der Waals surface area contributed by atoms with Crippen molar-refractivity contribution in [3.63, 3.8) is 0 Å². The Kier molecular flexibility index (Phi) is 7.56. The van der Waals surface area contributed by atoms with Crippen molar-refractivity contribution < 1.29 is 18.9 Å². The van der Waals surface area contributed by atoms with Crippen molar-refractivity contribution in [2.24, 2.45) is 0 Å². The van der Waals surface area contributed by atoms with Crippen molar-refractivity contribution in [1.82, 2.24) is 15.5 Å². The molecule has 0 aromatic heterocycles. The van der Waals surface area contributed by atoms with Crippen molar-refractivity contribution in [1.29, 1.82) is 0 Å². The first kappa shape index (κ1) is 26.7. The highest BCUT2D eigenvalue weighted by Gasteiger charge is 2.53. The van der Waals surface area contributed by atoms with Gasteiger partial charge >= 0.3 is 7.12 Å². The molecule has 188 valence electrons. The van der Waals surface area contributed by atoms with Gasteiger partial charge < -0.3 is 19.9 Å². The van der Waals surface area contributed by atoms with E-state index in [1.54, 1.807) is 0 Å². The fraction of sp³-hybridized carbons (Fsp3) is 0.692. The zero-order valence-corrected chi connectivity index (χ0v) is 22.2. The smallest absolute Gasteiger partial charge is 0.403 e. The van der Waals surface area contributed by atoms with Gasteiger partial charge in [-0.25, -0.2) is 0 Å². The number of hydrogen-bond acceptors (Lipinski definition) is 5. The lowest BCUT2D eigenvalue weighted by molar-refractivity contribution is -0.133. The van der Waals surface area contributed by atoms with E-state index >= 15 is 0 Å². The van der Waals surface area contributed by atoms with Crippen LogP contribution in [0.25, 0.3) is 0 Å². The van der Waals surface area contributed by atoms with Gasteiger partial charge in [0.05, 0.1) is 11.2 Å². The first-order valence-corrected chi connectivity index (χ1v) is 12.4. The van der Waals surface area contributed by atoms with Crippen LogP contribution < -0.4 is 10.6 Å². The summed E-state index contributed by atoms with van der Waals surface area (Å²) < 4.78 is 12.4. The maximum absolute atomic E-state index is 13.5. The highest BCUT2D eigenvalue weighted by atomic mass is 16.7. The van der Waals surface area contributed by atoms with E-state index in [0.29, 0.717) is 19.5 Å². The highest BCUT2D eigenvalue weighted by Crippen LogP contribution is 2.39. The second kappa shape index (κ2) is 9.63. The van der Waals surface area contributed by atoms with Crippen molar-refractivity contribution >= 4 is 18.9 Å². The number of likely N-dealkylation sites (tertiary alicyclic amines) is 1. The molecule has 0 bridgehead atoms. The molecule has 8 heteroatoms. The third-order valence-electron chi connectivity index (χ3n) is 7.18. The van der Waals surface area contributed by atoms with Crippen molar-refractivity contribution in [3.8, 4) is 0 Å². The fourth-order valence-electron chi connectivity index (χ4n) is 4.88. The molecule has 0 spiro atoms. The van der Waals surface area contributed by atoms with Crippen LogP contribution in [0.15, 0.2) is 30.3 Å². The zero-order valence-electron chi connectivity index (χ0n) is 22.2. The predicted molar refractivity (Wildman–Crippen MR) is 135 cm³/mol. The first-order valence-electron chi connectivity index (χ1n) is 12.4. The Labute approximate surface area is 205 Å². The summed E-state index contributed by atoms with van der Waals surface area (Å²) in [4.78, 5) is 28.0. The number of nitrogens with zero attached hydrogens (tertiary/aromatic N) is 1. The van der Waals surface area contributed by atoms with E-state index in [2.05, 4.69) is 55.4 Å². The Morgan fingerprint density at radius 2 is 1.68 bits per heavy atom. The average Bonchev–Trinajstić information content (AvgIpc) is 3.12. The maximum atomic E-state index is 13.5. The van der Waals surface area contributed by atoms with Crippen molar-refractivity contribution in [2.45, 2.75) is 109 Å². The number of carbonyl (C=O) groups is 2. The van der Waals surface area contributed by atoms with E-state index in [1.807, 2.05) is 39.0 Å². The van der Waals surface area contributed by atoms with E-state index in [-0.39, 0.29) is 36.2 Å². The zero-order chi connectivity index (χ0) is 25.4. The molecule has 2 heterocycles. The molecule has 0 aliphatic carbocycles. The minimum atomic E-state index is -0.978. The van der Waals surface area contributed by atoms with Gasteiger partial charge in [-0.05, 0) is 73.2 Å². The van der Waals surface area contributed by atoms with Crippen LogP contribution in [0.1, 0.15) is 73.8 Å². The molecule has 7 nitrogen and oxygen atoms in total. The monoisotopic (exact) mass is 471 g/mol. The van der Waals surface area contributed by atoms with E-state index in [4.69, 9.17) is 9.31 Å². The summed E-state index contributed by atoms with van der Waals surface area (Å²) in [5.74, 6) is -0.332. The normalized spacial score (nSPS) is 26.5. The minimum absolute atomic E-state index is 0.0943. The topological polar surface area (TPSA) is 79.9 Å². The molecule has 2 fully saturated rings. The van der Waals surface area contributed by atoms with E-state index in [9.17, 15) is 9.59 Å². The van der Waals surface area contributed by atoms with E-state index in [0.717, 1.165) is 12.7 Å². The van der Waals surface area contributed by atoms with Crippen LogP contribution in [0.3, 0.4) is 0 Å². The van der Waals surface area contributed by atoms with Gasteiger partial charge in [0.15, 0.2) is 0 Å². The predicted octanol–water partition coefficient (Wildman–Crippen LogP) is 3.53. The number of hydrogen-bond donors (Lipinski definition) is 2. The molecule has 34 heavy (non-hydrogen) atoms. The van der Waals surface area contributed by atoms with Crippen LogP contribution in [-0.4, -0.2) is 58.7 Å². The van der Waals surface area contributed by atoms with Crippen LogP contribution in [0.5, 0.6) is 0 Å². The molecule has 2 aliphatic rings. The number of rotatable bonds is 7. The number of benzene rings is 1. The SMILES string of the molecule is CC(=O)NC1(C(=O)NC(C)(C)C)CC(CCB2OC(C)(C)C(C)(C)O2)N(Cc2ccccc2)C1. The highest BCUT2D eigenvalue weighted by molar-refractivity contribution is 6.45. The molecule has 3 rings (SSSR count). The Balaban J connectivity index is 1.82. The third-order valence-corrected chi connectivity index (χ3v) is 7.18. The molecule has 2 amide bonds. The second-order valence-electron chi connectivity index (χ2n) is 12.0. The summed E-state index contributed by atoms with van der Waals surface area (Å²) in [6, 6.07) is 10.3. The van der Waals surface area contributed by atoms with Gasteiger partial charge in [-0.2, -0.15) is 0 Å². The van der Waals surface area contributed by atoms with Gasteiger partial charge in [0.25, 0.3) is 0 Å². The van der Waals surface area contributed by atoms with Crippen LogP contribution in [0.4, 0.5) is 0 Å². The van der Waals surface area contributed by atoms with Gasteiger partial charge in [-0.15, -0.1) is 0 Å². The fourth-order valence-corrected chi connectivity index (χ4v) is 4.88. The van der Waals surface area contributed by atoms with Crippen molar-refractivity contribution in [2.75, 3.05) is 6.54 Å². The summed E-state index contributed by atoms with van der Waals surface area (Å²) in [6.07, 6.45) is 2.06. The second-order valence-corrected chi connectivity index (χ2v) is 12.0. The molecule has 2 saturated heterocycles. The molecular formula is C26H42BN3O4. The molecule has 1 aromatic rings. The molecule has 0 saturated carbocycles.